The van der Waals surface area contributed by atoms with Gasteiger partial charge in [-0.15, -0.1) is 45.3 Å². The summed E-state index contributed by atoms with van der Waals surface area (Å²) in [6.45, 7) is 11.9. The molecule has 108 heavy (non-hydrogen) atoms. The lowest BCUT2D eigenvalue weighted by atomic mass is 10.1. The van der Waals surface area contributed by atoms with Crippen LogP contribution < -0.4 is 57.4 Å². The van der Waals surface area contributed by atoms with Gasteiger partial charge in [0.2, 0.25) is 0 Å². The number of hydrogen-bond donors (Lipinski definition) is 8. The Labute approximate surface area is 625 Å². The van der Waals surface area contributed by atoms with E-state index in [0.29, 0.717) is 70.7 Å². The number of carbonyl (C=O) groups excluding carboxylic acids is 12. The zero-order valence-electron chi connectivity index (χ0n) is 57.8. The molecule has 0 atom stereocenters. The average Bonchev–Trinajstić information content (AvgIpc) is 1.51. The minimum absolute atomic E-state index is 0.0854. The summed E-state index contributed by atoms with van der Waals surface area (Å²) in [6.07, 6.45) is -2.81. The second-order valence-electron chi connectivity index (χ2n) is 22.6. The molecule has 558 valence electrons. The van der Waals surface area contributed by atoms with Gasteiger partial charge in [0.1, 0.15) is 65.8 Å². The number of alkyl carbamates (subject to hydrolysis) is 4. The Kier molecular flexibility index (Phi) is 26.9. The molecule has 12 amide bonds. The van der Waals surface area contributed by atoms with E-state index in [1.807, 2.05) is 0 Å². The number of benzene rings is 4. The van der Waals surface area contributed by atoms with Gasteiger partial charge < -0.3 is 54.1 Å². The highest BCUT2D eigenvalue weighted by molar-refractivity contribution is 7.15. The third kappa shape index (κ3) is 21.4. The zero-order valence-corrected chi connectivity index (χ0v) is 61.1. The SMILES string of the molecule is CC(C)OC(=O)NC(=O)c1ccsc1NC(=O)c1cc(=O)c2ccccc2o1.CC(C)OC(=O)NC(=O)c1ccsc1NC(=O)c1ccc2nonc2c1.CCOC(=O)NC(=O)c1ccsc1NC(=O)c1ccc2nonc2c1.COc1ccc2c(c1)C=C(C(=O)Nc1sccc1C(=O)NC(=O)OC(C)C)CO2. The summed E-state index contributed by atoms with van der Waals surface area (Å²) >= 11 is 4.57. The second-order valence-corrected chi connectivity index (χ2v) is 26.3. The molecule has 7 aromatic heterocycles. The van der Waals surface area contributed by atoms with Crippen molar-refractivity contribution in [3.63, 3.8) is 0 Å². The molecule has 0 unspecified atom stereocenters. The van der Waals surface area contributed by atoms with Crippen LogP contribution in [-0.2, 0) is 23.7 Å². The van der Waals surface area contributed by atoms with Crippen LogP contribution in [0, 0.1) is 0 Å². The van der Waals surface area contributed by atoms with Crippen LogP contribution in [0.15, 0.2) is 155 Å². The molecular formula is C70H62N12O22S4. The first kappa shape index (κ1) is 78.8. The quantitative estimate of drug-likeness (QED) is 0.0392. The van der Waals surface area contributed by atoms with Gasteiger partial charge in [0.05, 0.1) is 65.2 Å². The summed E-state index contributed by atoms with van der Waals surface area (Å²) in [5.74, 6) is -3.55. The Hall–Kier alpha value is -13.3. The summed E-state index contributed by atoms with van der Waals surface area (Å²) in [5.41, 5.74) is 4.22. The van der Waals surface area contributed by atoms with E-state index in [1.165, 1.54) is 47.7 Å². The van der Waals surface area contributed by atoms with Gasteiger partial charge in [-0.1, -0.05) is 12.1 Å². The molecule has 12 rings (SSSR count). The molecule has 0 bridgehead atoms. The lowest BCUT2D eigenvalue weighted by Gasteiger charge is -2.18. The van der Waals surface area contributed by atoms with Crippen molar-refractivity contribution < 1.29 is 99.6 Å². The minimum Gasteiger partial charge on any atom is -0.497 e. The molecule has 0 radical (unpaired) electrons. The standard InChI is InChI=1S/C20H20N2O6S.C19H16N2O6S.C16H14N4O5S.C15H12N4O5S/c1-11(2)28-20(25)22-18(24)15-6-7-29-19(15)21-17(23)13-8-12-9-14(26-3)4-5-16(12)27-10-13;1-10(2)26-19(25)21-16(23)12-7-8-28-18(12)20-17(24)15-9-13(22)11-5-3-4-6-14(11)27-15;1-8(2)24-16(23)18-14(22)10-5-6-26-15(10)17-13(21)9-3-4-11-12(7-9)20-25-19-11;1-2-23-15(22)17-13(21)9-5-6-25-14(9)16-12(20)8-3-4-10-11(7-8)19-24-18-10/h4-9,11H,10H2,1-3H3,(H,21,23)(H,22,24,25);3-10H,1-2H3,(H,20,24)(H,21,23,25);3-8H,1-2H3,(H,17,21)(H,18,22,23);3-7H,2H2,1H3,(H,16,20)(H,17,21,22). The summed E-state index contributed by atoms with van der Waals surface area (Å²) < 4.78 is 44.8. The van der Waals surface area contributed by atoms with Gasteiger partial charge in [0.25, 0.3) is 47.3 Å². The maximum Gasteiger partial charge on any atom is 0.414 e. The van der Waals surface area contributed by atoms with E-state index in [2.05, 4.69) is 77.2 Å². The van der Waals surface area contributed by atoms with Crippen LogP contribution in [-0.4, -0.2) is 131 Å². The molecular weight excluding hydrogens is 1490 g/mol. The maximum absolute atomic E-state index is 12.7. The molecule has 1 aliphatic rings. The highest BCUT2D eigenvalue weighted by Crippen LogP contribution is 2.33. The number of nitrogens with one attached hydrogen (secondary N) is 8. The number of carbonyl (C=O) groups is 12. The Morgan fingerprint density at radius 3 is 1.31 bits per heavy atom. The first-order chi connectivity index (χ1) is 51.7. The van der Waals surface area contributed by atoms with Crippen LogP contribution in [0.2, 0.25) is 0 Å². The molecule has 0 saturated carbocycles. The van der Waals surface area contributed by atoms with E-state index in [-0.39, 0.29) is 75.6 Å². The molecule has 0 spiro atoms. The molecule has 11 aromatic rings. The molecule has 0 aliphatic carbocycles. The van der Waals surface area contributed by atoms with Crippen LogP contribution in [0.4, 0.5) is 39.2 Å². The number of para-hydroxylation sites is 1. The van der Waals surface area contributed by atoms with Gasteiger partial charge in [-0.3, -0.25) is 64.4 Å². The topological polar surface area (TPSA) is 465 Å². The number of hydrogen-bond acceptors (Lipinski definition) is 30. The number of aromatic nitrogens is 4. The van der Waals surface area contributed by atoms with Gasteiger partial charge >= 0.3 is 24.4 Å². The number of rotatable bonds is 17. The summed E-state index contributed by atoms with van der Waals surface area (Å²) in [5, 5.41) is 41.6. The van der Waals surface area contributed by atoms with Crippen LogP contribution >= 0.6 is 45.3 Å². The van der Waals surface area contributed by atoms with Crippen LogP contribution in [0.5, 0.6) is 11.5 Å². The van der Waals surface area contributed by atoms with Gasteiger partial charge in [0.15, 0.2) is 11.2 Å². The average molecular weight is 1550 g/mol. The molecule has 0 fully saturated rings. The van der Waals surface area contributed by atoms with E-state index in [0.717, 1.165) is 45.6 Å². The maximum atomic E-state index is 12.7. The van der Waals surface area contributed by atoms with Gasteiger partial charge in [-0.2, -0.15) is 0 Å². The van der Waals surface area contributed by atoms with Gasteiger partial charge in [0, 0.05) is 22.8 Å². The molecule has 34 nitrogen and oxygen atoms in total. The normalized spacial score (nSPS) is 11.1. The number of ether oxygens (including phenoxy) is 6. The van der Waals surface area contributed by atoms with E-state index in [9.17, 15) is 62.3 Å². The Bertz CT molecular complexity index is 5320. The number of anilines is 4. The summed E-state index contributed by atoms with van der Waals surface area (Å²) in [4.78, 5) is 157. The zero-order chi connectivity index (χ0) is 77.7. The van der Waals surface area contributed by atoms with Crippen molar-refractivity contribution in [2.45, 2.75) is 66.8 Å². The highest BCUT2D eigenvalue weighted by atomic mass is 32.1. The monoisotopic (exact) mass is 1550 g/mol. The number of methoxy groups -OCH3 is 1. The van der Waals surface area contributed by atoms with Crippen molar-refractivity contribution in [1.82, 2.24) is 41.9 Å². The first-order valence-electron chi connectivity index (χ1n) is 31.8. The van der Waals surface area contributed by atoms with E-state index in [1.54, 1.807) is 150 Å². The van der Waals surface area contributed by atoms with Gasteiger partial charge in [-0.05, 0) is 188 Å². The van der Waals surface area contributed by atoms with Crippen molar-refractivity contribution in [3.8, 4) is 11.5 Å². The predicted octanol–water partition coefficient (Wildman–Crippen LogP) is 12.1. The molecule has 8 N–H and O–H groups in total. The van der Waals surface area contributed by atoms with E-state index < -0.39 is 71.6 Å². The fraction of sp³-hybridized carbons (Fsp3) is 0.186. The van der Waals surface area contributed by atoms with E-state index >= 15 is 0 Å². The molecule has 4 aromatic carbocycles. The van der Waals surface area contributed by atoms with Crippen molar-refractivity contribution >= 4 is 176 Å². The van der Waals surface area contributed by atoms with Crippen molar-refractivity contribution in [2.75, 3.05) is 41.6 Å². The smallest absolute Gasteiger partial charge is 0.414 e. The van der Waals surface area contributed by atoms with Crippen molar-refractivity contribution in [2.24, 2.45) is 0 Å². The fourth-order valence-corrected chi connectivity index (χ4v) is 12.2. The third-order valence-corrected chi connectivity index (χ3v) is 17.1. The first-order valence-corrected chi connectivity index (χ1v) is 35.3. The fourth-order valence-electron chi connectivity index (χ4n) is 9.05. The lowest BCUT2D eigenvalue weighted by molar-refractivity contribution is -0.113. The highest BCUT2D eigenvalue weighted by Gasteiger charge is 2.26. The van der Waals surface area contributed by atoms with Crippen LogP contribution in [0.3, 0.4) is 0 Å². The Balaban J connectivity index is 0.000000166. The minimum atomic E-state index is -0.885. The van der Waals surface area contributed by atoms with Gasteiger partial charge in [-0.25, -0.2) is 28.4 Å². The Morgan fingerprint density at radius 2 is 0.880 bits per heavy atom. The summed E-state index contributed by atoms with van der Waals surface area (Å²) in [7, 11) is 1.56. The number of imide groups is 4. The van der Waals surface area contributed by atoms with Crippen molar-refractivity contribution in [1.29, 1.82) is 0 Å². The molecule has 8 heterocycles. The second kappa shape index (κ2) is 36.9. The third-order valence-electron chi connectivity index (χ3n) is 13.8. The summed E-state index contributed by atoms with van der Waals surface area (Å²) in [6, 6.07) is 28.3. The van der Waals surface area contributed by atoms with Crippen molar-refractivity contribution in [3.05, 3.63) is 191 Å². The largest absolute Gasteiger partial charge is 0.497 e. The van der Waals surface area contributed by atoms with Crippen LogP contribution in [0.25, 0.3) is 39.1 Å². The lowest BCUT2D eigenvalue weighted by Crippen LogP contribution is -2.33. The van der Waals surface area contributed by atoms with E-state index in [4.69, 9.17) is 28.1 Å². The Morgan fingerprint density at radius 1 is 0.463 bits per heavy atom. The number of nitrogens with zero attached hydrogens (tertiary/aromatic N) is 4. The number of amides is 12. The predicted molar refractivity (Wildman–Crippen MR) is 394 cm³/mol. The van der Waals surface area contributed by atoms with Crippen LogP contribution in [0.1, 0.15) is 127 Å². The number of fused-ring (bicyclic) bond motifs is 4. The molecule has 0 saturated heterocycles. The molecule has 1 aliphatic heterocycles. The molecule has 38 heteroatoms. The number of thiophene rings is 4.